The molecule has 140 valence electrons. The van der Waals surface area contributed by atoms with Gasteiger partial charge in [0.05, 0.1) is 22.6 Å². The third-order valence-electron chi connectivity index (χ3n) is 3.61. The number of thioether (sulfide) groups is 1. The average molecular weight is 444 g/mol. The molecule has 2 rings (SSSR count). The number of benzene rings is 1. The summed E-state index contributed by atoms with van der Waals surface area (Å²) in [6.07, 6.45) is 2.35. The fourth-order valence-electron chi connectivity index (χ4n) is 2.14. The summed E-state index contributed by atoms with van der Waals surface area (Å²) in [6.45, 7) is 3.29. The second-order valence-electron chi connectivity index (χ2n) is 5.53. The maximum atomic E-state index is 12.2. The van der Waals surface area contributed by atoms with Crippen LogP contribution in [0.25, 0.3) is 6.08 Å². The summed E-state index contributed by atoms with van der Waals surface area (Å²) in [6, 6.07) is 3.43. The highest BCUT2D eigenvalue weighted by molar-refractivity contribution is 9.10. The first-order valence-electron chi connectivity index (χ1n) is 7.78. The maximum absolute atomic E-state index is 12.2. The molecule has 1 atom stereocenters. The minimum atomic E-state index is -1.25. The van der Waals surface area contributed by atoms with Crippen molar-refractivity contribution in [2.24, 2.45) is 0 Å². The van der Waals surface area contributed by atoms with E-state index in [4.69, 9.17) is 14.6 Å². The van der Waals surface area contributed by atoms with E-state index in [1.807, 2.05) is 13.8 Å². The number of carboxylic acid groups (broad SMARTS) is 1. The van der Waals surface area contributed by atoms with Crippen molar-refractivity contribution < 1.29 is 29.0 Å². The highest BCUT2D eigenvalue weighted by atomic mass is 79.9. The van der Waals surface area contributed by atoms with Gasteiger partial charge in [0.15, 0.2) is 11.5 Å². The second-order valence-corrected chi connectivity index (χ2v) is 7.38. The molecule has 0 bridgehead atoms. The zero-order valence-corrected chi connectivity index (χ0v) is 16.8. The van der Waals surface area contributed by atoms with Crippen LogP contribution in [0.3, 0.4) is 0 Å². The zero-order valence-electron chi connectivity index (χ0n) is 14.4. The third-order valence-corrected chi connectivity index (χ3v) is 5.11. The van der Waals surface area contributed by atoms with Crippen molar-refractivity contribution in [3.05, 3.63) is 27.1 Å². The Kier molecular flexibility index (Phi) is 6.71. The number of carboxylic acids is 1. The van der Waals surface area contributed by atoms with E-state index in [0.29, 0.717) is 38.2 Å². The van der Waals surface area contributed by atoms with Crippen LogP contribution in [0.4, 0.5) is 4.79 Å². The molecule has 1 aliphatic heterocycles. The van der Waals surface area contributed by atoms with Crippen LogP contribution in [0.2, 0.25) is 0 Å². The van der Waals surface area contributed by atoms with Crippen LogP contribution in [-0.2, 0) is 9.59 Å². The largest absolute Gasteiger partial charge is 0.493 e. The Morgan fingerprint density at radius 2 is 2.12 bits per heavy atom. The Hall–Kier alpha value is -2.00. The van der Waals surface area contributed by atoms with Gasteiger partial charge in [0, 0.05) is 0 Å². The number of rotatable bonds is 7. The summed E-state index contributed by atoms with van der Waals surface area (Å²) in [5.74, 6) is -0.837. The number of ether oxygens (including phenoxy) is 2. The smallest absolute Gasteiger partial charge is 0.323 e. The van der Waals surface area contributed by atoms with Crippen LogP contribution in [0, 0.1) is 0 Å². The molecule has 0 aromatic heterocycles. The van der Waals surface area contributed by atoms with Crippen molar-refractivity contribution in [3.63, 3.8) is 0 Å². The molecule has 0 spiro atoms. The van der Waals surface area contributed by atoms with Crippen LogP contribution in [0.5, 0.6) is 11.5 Å². The normalized spacial score (nSPS) is 16.9. The molecular weight excluding hydrogens is 426 g/mol. The molecule has 1 saturated heterocycles. The Morgan fingerprint density at radius 3 is 2.69 bits per heavy atom. The van der Waals surface area contributed by atoms with Gasteiger partial charge in [-0.3, -0.25) is 19.3 Å². The van der Waals surface area contributed by atoms with E-state index < -0.39 is 23.7 Å². The first kappa shape index (κ1) is 20.3. The van der Waals surface area contributed by atoms with Gasteiger partial charge in [-0.25, -0.2) is 0 Å². The quantitative estimate of drug-likeness (QED) is 0.641. The van der Waals surface area contributed by atoms with Gasteiger partial charge in [-0.1, -0.05) is 6.92 Å². The van der Waals surface area contributed by atoms with Gasteiger partial charge in [0.25, 0.3) is 11.1 Å². The monoisotopic (exact) mass is 443 g/mol. The zero-order chi connectivity index (χ0) is 19.4. The number of carbonyl (C=O) groups is 3. The molecular formula is C17H18BrNO6S. The van der Waals surface area contributed by atoms with Crippen LogP contribution in [-0.4, -0.2) is 46.9 Å². The van der Waals surface area contributed by atoms with Gasteiger partial charge in [-0.15, -0.1) is 0 Å². The summed E-state index contributed by atoms with van der Waals surface area (Å²) in [5, 5.41) is 8.20. The van der Waals surface area contributed by atoms with Crippen molar-refractivity contribution >= 4 is 50.9 Å². The first-order valence-corrected chi connectivity index (χ1v) is 9.39. The van der Waals surface area contributed by atoms with Gasteiger partial charge in [-0.2, -0.15) is 0 Å². The summed E-state index contributed by atoms with van der Waals surface area (Å²) in [4.78, 5) is 35.7. The van der Waals surface area contributed by atoms with Crippen LogP contribution in [0.1, 0.15) is 25.8 Å². The van der Waals surface area contributed by atoms with Gasteiger partial charge in [-0.05, 0) is 64.8 Å². The molecule has 2 amide bonds. The Labute approximate surface area is 163 Å². The van der Waals surface area contributed by atoms with Crippen molar-refractivity contribution in [2.45, 2.75) is 26.4 Å². The number of imide groups is 1. The number of carbonyl (C=O) groups excluding carboxylic acids is 2. The van der Waals surface area contributed by atoms with E-state index in [9.17, 15) is 14.4 Å². The topological polar surface area (TPSA) is 93.1 Å². The predicted octanol–water partition coefficient (Wildman–Crippen LogP) is 3.76. The summed E-state index contributed by atoms with van der Waals surface area (Å²) >= 11 is 4.14. The van der Waals surface area contributed by atoms with E-state index in [0.717, 1.165) is 6.42 Å². The Bertz CT molecular complexity index is 779. The lowest BCUT2D eigenvalue weighted by molar-refractivity contribution is -0.140. The van der Waals surface area contributed by atoms with Gasteiger partial charge in [0.1, 0.15) is 6.54 Å². The lowest BCUT2D eigenvalue weighted by Crippen LogP contribution is -2.33. The summed E-state index contributed by atoms with van der Waals surface area (Å²) in [5.41, 5.74) is 0.617. The van der Waals surface area contributed by atoms with E-state index in [1.165, 1.54) is 13.2 Å². The second kappa shape index (κ2) is 8.59. The van der Waals surface area contributed by atoms with Crippen LogP contribution < -0.4 is 9.47 Å². The van der Waals surface area contributed by atoms with Gasteiger partial charge >= 0.3 is 5.97 Å². The molecule has 1 fully saturated rings. The van der Waals surface area contributed by atoms with Gasteiger partial charge < -0.3 is 14.6 Å². The van der Waals surface area contributed by atoms with Crippen LogP contribution in [0.15, 0.2) is 21.5 Å². The predicted molar refractivity (Wildman–Crippen MR) is 101 cm³/mol. The number of hydrogen-bond acceptors (Lipinski definition) is 6. The number of nitrogens with zero attached hydrogens (tertiary/aromatic N) is 1. The molecule has 1 heterocycles. The molecule has 1 aliphatic rings. The number of amides is 2. The van der Waals surface area contributed by atoms with Gasteiger partial charge in [0.2, 0.25) is 0 Å². The van der Waals surface area contributed by atoms with Crippen molar-refractivity contribution in [2.75, 3.05) is 13.7 Å². The molecule has 1 N–H and O–H groups in total. The Morgan fingerprint density at radius 1 is 1.42 bits per heavy atom. The molecule has 1 aromatic carbocycles. The van der Waals surface area contributed by atoms with E-state index in [1.54, 1.807) is 12.1 Å². The minimum absolute atomic E-state index is 0.00133. The average Bonchev–Trinajstić information content (AvgIpc) is 2.83. The highest BCUT2D eigenvalue weighted by Crippen LogP contribution is 2.39. The number of hydrogen-bond donors (Lipinski definition) is 1. The van der Waals surface area contributed by atoms with Crippen LogP contribution >= 0.6 is 27.7 Å². The molecule has 26 heavy (non-hydrogen) atoms. The third kappa shape index (κ3) is 4.59. The van der Waals surface area contributed by atoms with Crippen molar-refractivity contribution in [1.82, 2.24) is 4.90 Å². The summed E-state index contributed by atoms with van der Waals surface area (Å²) in [7, 11) is 1.51. The highest BCUT2D eigenvalue weighted by Gasteiger charge is 2.36. The fourth-order valence-corrected chi connectivity index (χ4v) is 3.54. The van der Waals surface area contributed by atoms with E-state index in [2.05, 4.69) is 15.9 Å². The summed E-state index contributed by atoms with van der Waals surface area (Å²) < 4.78 is 11.9. The van der Waals surface area contributed by atoms with E-state index >= 15 is 0 Å². The molecule has 1 aromatic rings. The molecule has 0 aliphatic carbocycles. The Balaban J connectivity index is 2.33. The fraction of sp³-hybridized carbons (Fsp3) is 0.353. The SMILES string of the molecule is CC[C@@H](C)Oc1c(Br)cc(/C=C2/SC(=O)N(CC(=O)O)C2=O)cc1OC. The number of methoxy groups -OCH3 is 1. The number of halogens is 1. The maximum Gasteiger partial charge on any atom is 0.323 e. The van der Waals surface area contributed by atoms with Crippen molar-refractivity contribution in [1.29, 1.82) is 0 Å². The molecule has 9 heteroatoms. The molecule has 0 unspecified atom stereocenters. The first-order chi connectivity index (χ1) is 12.3. The lowest BCUT2D eigenvalue weighted by atomic mass is 10.1. The number of aliphatic carboxylic acids is 1. The molecule has 0 saturated carbocycles. The molecule has 0 radical (unpaired) electrons. The van der Waals surface area contributed by atoms with E-state index in [-0.39, 0.29) is 11.0 Å². The lowest BCUT2D eigenvalue weighted by Gasteiger charge is -2.17. The van der Waals surface area contributed by atoms with Crippen molar-refractivity contribution in [3.8, 4) is 11.5 Å². The standard InChI is InChI=1S/C17H18BrNO6S/c1-4-9(2)25-15-11(18)5-10(6-12(15)24-3)7-13-16(22)19(8-14(20)21)17(23)26-13/h5-7,9H,4,8H2,1-3H3,(H,20,21)/b13-7+/t9-/m1/s1. The minimum Gasteiger partial charge on any atom is -0.493 e. The molecule has 7 nitrogen and oxygen atoms in total.